The van der Waals surface area contributed by atoms with Gasteiger partial charge in [0.05, 0.1) is 25.5 Å². The first-order valence-electron chi connectivity index (χ1n) is 9.86. The molecule has 4 rings (SSSR count). The predicted octanol–water partition coefficient (Wildman–Crippen LogP) is 2.75. The topological polar surface area (TPSA) is 86.9 Å². The van der Waals surface area contributed by atoms with Crippen LogP contribution in [0.15, 0.2) is 65.7 Å². The summed E-state index contributed by atoms with van der Waals surface area (Å²) in [6.45, 7) is 0.499. The molecule has 0 radical (unpaired) electrons. The number of hydrogen-bond donors (Lipinski definition) is 1. The van der Waals surface area contributed by atoms with Crippen LogP contribution in [0.25, 0.3) is 16.8 Å². The van der Waals surface area contributed by atoms with E-state index in [2.05, 4.69) is 10.4 Å². The molecule has 0 aliphatic carbocycles. The van der Waals surface area contributed by atoms with Gasteiger partial charge in [-0.05, 0) is 42.5 Å². The minimum absolute atomic E-state index is 0.230. The van der Waals surface area contributed by atoms with E-state index in [0.717, 1.165) is 0 Å². The fraction of sp³-hybridized carbons (Fsp3) is 0.174. The number of hydrogen-bond acceptors (Lipinski definition) is 5. The summed E-state index contributed by atoms with van der Waals surface area (Å²) in [5, 5.41) is 7.18. The van der Waals surface area contributed by atoms with Gasteiger partial charge in [-0.15, -0.1) is 0 Å². The normalized spacial score (nSPS) is 10.8. The van der Waals surface area contributed by atoms with Crippen LogP contribution in [0.3, 0.4) is 0 Å². The molecule has 0 aliphatic heterocycles. The van der Waals surface area contributed by atoms with Crippen LogP contribution in [-0.4, -0.2) is 40.9 Å². The Balaban J connectivity index is 1.49. The molecule has 9 heteroatoms. The maximum Gasteiger partial charge on any atom is 0.276 e. The van der Waals surface area contributed by atoms with Crippen LogP contribution in [0.2, 0.25) is 0 Å². The van der Waals surface area contributed by atoms with E-state index >= 15 is 0 Å². The van der Waals surface area contributed by atoms with Crippen molar-refractivity contribution in [1.29, 1.82) is 0 Å². The summed E-state index contributed by atoms with van der Waals surface area (Å²) in [6.07, 6.45) is 3.27. The zero-order valence-electron chi connectivity index (χ0n) is 17.5. The van der Waals surface area contributed by atoms with E-state index in [1.54, 1.807) is 48.8 Å². The second-order valence-corrected chi connectivity index (χ2v) is 6.96. The van der Waals surface area contributed by atoms with E-state index in [0.29, 0.717) is 33.8 Å². The summed E-state index contributed by atoms with van der Waals surface area (Å²) in [7, 11) is 2.97. The number of halogens is 1. The lowest BCUT2D eigenvalue weighted by Gasteiger charge is -2.13. The first-order chi connectivity index (χ1) is 15.5. The number of methoxy groups -OCH3 is 2. The third-order valence-corrected chi connectivity index (χ3v) is 5.03. The fourth-order valence-electron chi connectivity index (χ4n) is 3.42. The number of rotatable bonds is 7. The lowest BCUT2D eigenvalue weighted by molar-refractivity contribution is 0.0948. The molecule has 0 bridgehead atoms. The van der Waals surface area contributed by atoms with Gasteiger partial charge in [0.2, 0.25) is 0 Å². The smallest absolute Gasteiger partial charge is 0.276 e. The average Bonchev–Trinajstić information content (AvgIpc) is 3.25. The van der Waals surface area contributed by atoms with Crippen molar-refractivity contribution in [2.24, 2.45) is 0 Å². The number of fused-ring (bicyclic) bond motifs is 1. The zero-order valence-corrected chi connectivity index (χ0v) is 17.5. The molecule has 164 valence electrons. The number of aromatic nitrogens is 3. The minimum atomic E-state index is -0.339. The second-order valence-electron chi connectivity index (χ2n) is 6.96. The molecule has 0 fully saturated rings. The van der Waals surface area contributed by atoms with E-state index in [9.17, 15) is 14.0 Å². The van der Waals surface area contributed by atoms with Crippen molar-refractivity contribution in [3.05, 3.63) is 82.7 Å². The number of para-hydroxylation sites is 1. The fourth-order valence-corrected chi connectivity index (χ4v) is 3.42. The molecule has 0 aliphatic rings. The van der Waals surface area contributed by atoms with E-state index in [1.807, 2.05) is 0 Å². The number of amides is 1. The van der Waals surface area contributed by atoms with Crippen LogP contribution in [0.1, 0.15) is 10.4 Å². The largest absolute Gasteiger partial charge is 0.493 e. The maximum absolute atomic E-state index is 13.2. The van der Waals surface area contributed by atoms with Crippen molar-refractivity contribution in [2.75, 3.05) is 20.8 Å². The Labute approximate surface area is 182 Å². The molecule has 0 spiro atoms. The molecule has 0 atom stereocenters. The Kier molecular flexibility index (Phi) is 5.89. The molecule has 2 heterocycles. The molecule has 0 unspecified atom stereocenters. The predicted molar refractivity (Wildman–Crippen MR) is 117 cm³/mol. The third kappa shape index (κ3) is 4.04. The van der Waals surface area contributed by atoms with Gasteiger partial charge in [0.25, 0.3) is 11.5 Å². The lowest BCUT2D eigenvalue weighted by atomic mass is 10.1. The van der Waals surface area contributed by atoms with Crippen molar-refractivity contribution < 1.29 is 18.7 Å². The summed E-state index contributed by atoms with van der Waals surface area (Å²) in [5.41, 5.74) is 1.75. The summed E-state index contributed by atoms with van der Waals surface area (Å²) in [4.78, 5) is 25.4. The highest BCUT2D eigenvalue weighted by Crippen LogP contribution is 2.30. The van der Waals surface area contributed by atoms with Gasteiger partial charge in [-0.2, -0.15) is 5.10 Å². The molecule has 32 heavy (non-hydrogen) atoms. The Morgan fingerprint density at radius 2 is 1.88 bits per heavy atom. The zero-order chi connectivity index (χ0) is 22.7. The molecule has 2 aromatic heterocycles. The van der Waals surface area contributed by atoms with Crippen LogP contribution in [-0.2, 0) is 6.54 Å². The standard InChI is InChI=1S/C23H21FN4O4/c1-31-20-5-3-4-17(21(20)32-2)22(29)25-10-11-27-12-13-28-19(23(27)30)14-18(26-28)15-6-8-16(24)9-7-15/h3-9,12-14H,10-11H2,1-2H3,(H,25,29). The van der Waals surface area contributed by atoms with Crippen LogP contribution in [0, 0.1) is 5.82 Å². The van der Waals surface area contributed by atoms with E-state index < -0.39 is 0 Å². The molecule has 8 nitrogen and oxygen atoms in total. The number of nitrogens with one attached hydrogen (secondary N) is 1. The van der Waals surface area contributed by atoms with Gasteiger partial charge < -0.3 is 19.4 Å². The monoisotopic (exact) mass is 436 g/mol. The van der Waals surface area contributed by atoms with Gasteiger partial charge in [0.15, 0.2) is 11.5 Å². The van der Waals surface area contributed by atoms with Crippen LogP contribution in [0.4, 0.5) is 4.39 Å². The van der Waals surface area contributed by atoms with Gasteiger partial charge in [0.1, 0.15) is 11.3 Å². The molecule has 0 saturated carbocycles. The van der Waals surface area contributed by atoms with Crippen molar-refractivity contribution in [2.45, 2.75) is 6.54 Å². The molecule has 2 aromatic carbocycles. The van der Waals surface area contributed by atoms with Crippen molar-refractivity contribution in [1.82, 2.24) is 19.5 Å². The van der Waals surface area contributed by atoms with Crippen LogP contribution >= 0.6 is 0 Å². The Morgan fingerprint density at radius 1 is 1.09 bits per heavy atom. The van der Waals surface area contributed by atoms with Crippen LogP contribution < -0.4 is 20.3 Å². The van der Waals surface area contributed by atoms with Crippen molar-refractivity contribution in [3.8, 4) is 22.8 Å². The molecule has 4 aromatic rings. The Bertz CT molecular complexity index is 1330. The average molecular weight is 436 g/mol. The Hall–Kier alpha value is -4.14. The number of nitrogens with zero attached hydrogens (tertiary/aromatic N) is 3. The summed E-state index contributed by atoms with van der Waals surface area (Å²) in [6, 6.07) is 12.6. The quantitative estimate of drug-likeness (QED) is 0.482. The third-order valence-electron chi connectivity index (χ3n) is 5.03. The molecule has 0 saturated heterocycles. The van der Waals surface area contributed by atoms with Gasteiger partial charge in [-0.25, -0.2) is 8.91 Å². The minimum Gasteiger partial charge on any atom is -0.493 e. The van der Waals surface area contributed by atoms with Gasteiger partial charge in [-0.1, -0.05) is 6.07 Å². The number of benzene rings is 2. The number of carbonyl (C=O) groups excluding carboxylic acids is 1. The first kappa shape index (κ1) is 21.1. The van der Waals surface area contributed by atoms with E-state index in [4.69, 9.17) is 9.47 Å². The summed E-state index contributed by atoms with van der Waals surface area (Å²) in [5.74, 6) is 0.129. The number of carbonyl (C=O) groups is 1. The summed E-state index contributed by atoms with van der Waals surface area (Å²) < 4.78 is 26.7. The summed E-state index contributed by atoms with van der Waals surface area (Å²) >= 11 is 0. The van der Waals surface area contributed by atoms with Crippen molar-refractivity contribution >= 4 is 11.4 Å². The van der Waals surface area contributed by atoms with Gasteiger partial charge in [-0.3, -0.25) is 9.59 Å². The molecular formula is C23H21FN4O4. The number of ether oxygens (including phenoxy) is 2. The van der Waals surface area contributed by atoms with Gasteiger partial charge >= 0.3 is 0 Å². The molecule has 1 amide bonds. The lowest BCUT2D eigenvalue weighted by Crippen LogP contribution is -2.31. The highest BCUT2D eigenvalue weighted by Gasteiger charge is 2.16. The molecular weight excluding hydrogens is 415 g/mol. The maximum atomic E-state index is 13.2. The SMILES string of the molecule is COc1cccc(C(=O)NCCn2ccn3nc(-c4ccc(F)cc4)cc3c2=O)c1OC. The molecule has 1 N–H and O–H groups in total. The van der Waals surface area contributed by atoms with Crippen molar-refractivity contribution in [3.63, 3.8) is 0 Å². The van der Waals surface area contributed by atoms with Crippen LogP contribution in [0.5, 0.6) is 11.5 Å². The second kappa shape index (κ2) is 8.93. The van der Waals surface area contributed by atoms with E-state index in [1.165, 1.54) is 35.4 Å². The highest BCUT2D eigenvalue weighted by molar-refractivity contribution is 5.97. The Morgan fingerprint density at radius 3 is 2.59 bits per heavy atom. The van der Waals surface area contributed by atoms with E-state index in [-0.39, 0.29) is 30.4 Å². The highest BCUT2D eigenvalue weighted by atomic mass is 19.1. The van der Waals surface area contributed by atoms with Gasteiger partial charge in [0, 0.05) is 31.0 Å². The first-order valence-corrected chi connectivity index (χ1v) is 9.86.